The first-order valence-electron chi connectivity index (χ1n) is 6.73. The Morgan fingerprint density at radius 1 is 1.09 bits per heavy atom. The first-order chi connectivity index (χ1) is 10.8. The minimum Gasteiger partial charge on any atom is -0.393 e. The zero-order valence-corrected chi connectivity index (χ0v) is 11.8. The number of nitro groups is 1. The summed E-state index contributed by atoms with van der Waals surface area (Å²) in [5.41, 5.74) is 6.85. The van der Waals surface area contributed by atoms with E-state index >= 15 is 0 Å². The average molecular weight is 323 g/mol. The lowest BCUT2D eigenvalue weighted by Gasteiger charge is -2.18. The molecule has 1 aliphatic rings. The van der Waals surface area contributed by atoms with E-state index in [1.54, 1.807) is 6.07 Å². The first kappa shape index (κ1) is 15.1. The fourth-order valence-corrected chi connectivity index (χ4v) is 2.66. The van der Waals surface area contributed by atoms with Gasteiger partial charge in [-0.2, -0.15) is 13.2 Å². The van der Waals surface area contributed by atoms with Gasteiger partial charge in [-0.3, -0.25) is 10.1 Å². The van der Waals surface area contributed by atoms with Crippen LogP contribution in [0.2, 0.25) is 0 Å². The molecule has 23 heavy (non-hydrogen) atoms. The predicted molar refractivity (Wildman–Crippen MR) is 78.8 cm³/mol. The molecule has 0 saturated carbocycles. The van der Waals surface area contributed by atoms with Gasteiger partial charge in [-0.25, -0.2) is 0 Å². The Balaban J connectivity index is 1.87. The van der Waals surface area contributed by atoms with Crippen LogP contribution in [0.5, 0.6) is 0 Å². The van der Waals surface area contributed by atoms with E-state index in [4.69, 9.17) is 5.73 Å². The van der Waals surface area contributed by atoms with Crippen LogP contribution in [-0.4, -0.2) is 4.92 Å². The van der Waals surface area contributed by atoms with E-state index in [0.29, 0.717) is 24.3 Å². The number of nitro benzene ring substituents is 1. The summed E-state index contributed by atoms with van der Waals surface area (Å²) in [4.78, 5) is 12.0. The van der Waals surface area contributed by atoms with Crippen molar-refractivity contribution in [3.63, 3.8) is 0 Å². The van der Waals surface area contributed by atoms with Crippen LogP contribution in [0.1, 0.15) is 16.7 Å². The van der Waals surface area contributed by atoms with Crippen LogP contribution in [0, 0.1) is 10.1 Å². The van der Waals surface area contributed by atoms with Crippen molar-refractivity contribution < 1.29 is 18.1 Å². The molecule has 3 rings (SSSR count). The fourth-order valence-electron chi connectivity index (χ4n) is 2.66. The highest BCUT2D eigenvalue weighted by Gasteiger charge is 2.32. The topological polar surface area (TPSA) is 72.4 Å². The van der Waals surface area contributed by atoms with Crippen molar-refractivity contribution in [2.24, 2.45) is 0 Å². The van der Waals surface area contributed by atoms with E-state index < -0.39 is 16.7 Å². The van der Waals surface area contributed by atoms with Crippen LogP contribution in [-0.2, 0) is 19.3 Å². The van der Waals surface area contributed by atoms with Crippen LogP contribution in [0.3, 0.4) is 0 Å². The van der Waals surface area contributed by atoms with Gasteiger partial charge in [0.2, 0.25) is 0 Å². The van der Waals surface area contributed by atoms with Gasteiger partial charge in [0.1, 0.15) is 5.69 Å². The Kier molecular flexibility index (Phi) is 3.39. The molecule has 0 saturated heterocycles. The molecule has 0 aromatic heterocycles. The number of hydrogen-bond donors (Lipinski definition) is 1. The summed E-state index contributed by atoms with van der Waals surface area (Å²) in [6, 6.07) is 7.98. The number of anilines is 2. The first-order valence-corrected chi connectivity index (χ1v) is 6.73. The maximum Gasteiger partial charge on any atom is 0.416 e. The number of benzene rings is 2. The Bertz CT molecular complexity index is 790. The quantitative estimate of drug-likeness (QED) is 0.519. The van der Waals surface area contributed by atoms with Gasteiger partial charge in [0.15, 0.2) is 0 Å². The lowest BCUT2D eigenvalue weighted by atomic mass is 10.1. The highest BCUT2D eigenvalue weighted by Crippen LogP contribution is 2.36. The van der Waals surface area contributed by atoms with Crippen LogP contribution in [0.25, 0.3) is 0 Å². The number of nitrogens with two attached hydrogens (primary N) is 1. The zero-order valence-electron chi connectivity index (χ0n) is 11.8. The average Bonchev–Trinajstić information content (AvgIpc) is 2.88. The molecule has 0 unspecified atom stereocenters. The molecular formula is C15H12F3N3O2. The van der Waals surface area contributed by atoms with E-state index in [1.807, 2.05) is 4.90 Å². The Labute approximate surface area is 129 Å². The SMILES string of the molecule is Nc1cc(N2Cc3ccc(C(F)(F)F)cc3C2)ccc1[N+](=O)[O-]. The smallest absolute Gasteiger partial charge is 0.393 e. The van der Waals surface area contributed by atoms with Crippen LogP contribution < -0.4 is 10.6 Å². The fraction of sp³-hybridized carbons (Fsp3) is 0.200. The van der Waals surface area contributed by atoms with Gasteiger partial charge >= 0.3 is 6.18 Å². The molecule has 0 fully saturated rings. The van der Waals surface area contributed by atoms with Gasteiger partial charge in [0, 0.05) is 24.8 Å². The molecule has 2 aromatic rings. The minimum absolute atomic E-state index is 0.0273. The molecule has 0 atom stereocenters. The third kappa shape index (κ3) is 2.79. The molecule has 120 valence electrons. The number of nitrogen functional groups attached to an aromatic ring is 1. The number of nitrogens with zero attached hydrogens (tertiary/aromatic N) is 2. The highest BCUT2D eigenvalue weighted by molar-refractivity contribution is 5.67. The van der Waals surface area contributed by atoms with Crippen molar-refractivity contribution in [1.82, 2.24) is 0 Å². The second-order valence-electron chi connectivity index (χ2n) is 5.34. The number of hydrogen-bond acceptors (Lipinski definition) is 4. The molecule has 0 aliphatic carbocycles. The summed E-state index contributed by atoms with van der Waals surface area (Å²) < 4.78 is 38.3. The molecule has 2 aromatic carbocycles. The maximum atomic E-state index is 12.8. The third-order valence-electron chi connectivity index (χ3n) is 3.83. The van der Waals surface area contributed by atoms with E-state index in [-0.39, 0.29) is 11.4 Å². The van der Waals surface area contributed by atoms with Crippen molar-refractivity contribution in [3.05, 3.63) is 63.2 Å². The monoisotopic (exact) mass is 323 g/mol. The summed E-state index contributed by atoms with van der Waals surface area (Å²) in [5.74, 6) is 0. The van der Waals surface area contributed by atoms with Gasteiger partial charge in [0.25, 0.3) is 5.69 Å². The largest absolute Gasteiger partial charge is 0.416 e. The number of fused-ring (bicyclic) bond motifs is 1. The van der Waals surface area contributed by atoms with Gasteiger partial charge in [0.05, 0.1) is 10.5 Å². The summed E-state index contributed by atoms with van der Waals surface area (Å²) in [7, 11) is 0. The molecule has 8 heteroatoms. The molecular weight excluding hydrogens is 311 g/mol. The molecule has 1 heterocycles. The molecule has 0 radical (unpaired) electrons. The normalized spacial score (nSPS) is 14.0. The van der Waals surface area contributed by atoms with Crippen molar-refractivity contribution in [3.8, 4) is 0 Å². The van der Waals surface area contributed by atoms with Gasteiger partial charge in [-0.1, -0.05) is 6.07 Å². The van der Waals surface area contributed by atoms with Crippen LogP contribution >= 0.6 is 0 Å². The Morgan fingerprint density at radius 3 is 2.39 bits per heavy atom. The van der Waals surface area contributed by atoms with Crippen LogP contribution in [0.4, 0.5) is 30.2 Å². The van der Waals surface area contributed by atoms with Gasteiger partial charge in [-0.05, 0) is 35.4 Å². The van der Waals surface area contributed by atoms with Crippen molar-refractivity contribution in [2.45, 2.75) is 19.3 Å². The lowest BCUT2D eigenvalue weighted by molar-refractivity contribution is -0.383. The zero-order chi connectivity index (χ0) is 16.8. The van der Waals surface area contributed by atoms with Crippen LogP contribution in [0.15, 0.2) is 36.4 Å². The molecule has 5 nitrogen and oxygen atoms in total. The minimum atomic E-state index is -4.37. The van der Waals surface area contributed by atoms with Gasteiger partial charge in [-0.15, -0.1) is 0 Å². The summed E-state index contributed by atoms with van der Waals surface area (Å²) in [5, 5.41) is 10.8. The Morgan fingerprint density at radius 2 is 1.78 bits per heavy atom. The number of rotatable bonds is 2. The standard InChI is InChI=1S/C15H12F3N3O2/c16-15(17,18)11-2-1-9-7-20(8-10(9)5-11)12-3-4-14(21(22)23)13(19)6-12/h1-6H,7-8,19H2. The highest BCUT2D eigenvalue weighted by atomic mass is 19.4. The summed E-state index contributed by atoms with van der Waals surface area (Å²) in [6.07, 6.45) is -4.37. The van der Waals surface area contributed by atoms with E-state index in [2.05, 4.69) is 0 Å². The third-order valence-corrected chi connectivity index (χ3v) is 3.83. The number of halogens is 3. The second kappa shape index (κ2) is 5.15. The van der Waals surface area contributed by atoms with E-state index in [9.17, 15) is 23.3 Å². The second-order valence-corrected chi connectivity index (χ2v) is 5.34. The predicted octanol–water partition coefficient (Wildman–Crippen LogP) is 3.72. The molecule has 0 bridgehead atoms. The summed E-state index contributed by atoms with van der Waals surface area (Å²) >= 11 is 0. The van der Waals surface area contributed by atoms with Crippen molar-refractivity contribution >= 4 is 17.1 Å². The Hall–Kier alpha value is -2.77. The van der Waals surface area contributed by atoms with E-state index in [1.165, 1.54) is 18.2 Å². The lowest BCUT2D eigenvalue weighted by Crippen LogP contribution is -2.14. The number of alkyl halides is 3. The van der Waals surface area contributed by atoms with Crippen molar-refractivity contribution in [1.29, 1.82) is 0 Å². The van der Waals surface area contributed by atoms with Crippen molar-refractivity contribution in [2.75, 3.05) is 10.6 Å². The molecule has 2 N–H and O–H groups in total. The summed E-state index contributed by atoms with van der Waals surface area (Å²) in [6.45, 7) is 0.737. The maximum absolute atomic E-state index is 12.8. The molecule has 0 spiro atoms. The van der Waals surface area contributed by atoms with Gasteiger partial charge < -0.3 is 10.6 Å². The van der Waals surface area contributed by atoms with E-state index in [0.717, 1.165) is 17.7 Å². The molecule has 0 amide bonds. The molecule has 1 aliphatic heterocycles.